The molecule has 106 valence electrons. The lowest BCUT2D eigenvalue weighted by molar-refractivity contribution is -0.121. The van der Waals surface area contributed by atoms with Crippen molar-refractivity contribution in [1.82, 2.24) is 0 Å². The summed E-state index contributed by atoms with van der Waals surface area (Å²) in [6, 6.07) is 14.0. The number of nitrogens with two attached hydrogens (primary N) is 1. The molecule has 0 aliphatic carbocycles. The van der Waals surface area contributed by atoms with Crippen LogP contribution in [0.5, 0.6) is 0 Å². The number of amides is 2. The molecule has 0 spiro atoms. The monoisotopic (exact) mass is 300 g/mol. The maximum atomic E-state index is 12.6. The lowest BCUT2D eigenvalue weighted by atomic mass is 9.98. The van der Waals surface area contributed by atoms with Gasteiger partial charge in [0.2, 0.25) is 11.8 Å². The summed E-state index contributed by atoms with van der Waals surface area (Å²) in [5, 5.41) is 0.333. The molecule has 1 fully saturated rings. The van der Waals surface area contributed by atoms with Gasteiger partial charge < -0.3 is 5.73 Å². The van der Waals surface area contributed by atoms with Crippen molar-refractivity contribution >= 4 is 34.8 Å². The van der Waals surface area contributed by atoms with E-state index in [0.717, 1.165) is 10.5 Å². The van der Waals surface area contributed by atoms with Gasteiger partial charge in [-0.2, -0.15) is 0 Å². The molecule has 1 aliphatic heterocycles. The average molecular weight is 301 g/mol. The topological polar surface area (TPSA) is 63.4 Å². The van der Waals surface area contributed by atoms with E-state index >= 15 is 0 Å². The van der Waals surface area contributed by atoms with Crippen molar-refractivity contribution in [1.29, 1.82) is 0 Å². The SMILES string of the molecule is Nc1ccc(Cl)c(N2C(=O)CC(c3ccccc3)C2=O)c1. The van der Waals surface area contributed by atoms with E-state index < -0.39 is 5.92 Å². The van der Waals surface area contributed by atoms with Crippen molar-refractivity contribution in [2.45, 2.75) is 12.3 Å². The Morgan fingerprint density at radius 1 is 1.10 bits per heavy atom. The summed E-state index contributed by atoms with van der Waals surface area (Å²) in [6.45, 7) is 0. The summed E-state index contributed by atoms with van der Waals surface area (Å²) in [5.74, 6) is -0.990. The molecule has 2 amide bonds. The third-order valence-electron chi connectivity index (χ3n) is 3.56. The van der Waals surface area contributed by atoms with E-state index in [0.29, 0.717) is 16.4 Å². The zero-order chi connectivity index (χ0) is 15.0. The fourth-order valence-electron chi connectivity index (χ4n) is 2.53. The summed E-state index contributed by atoms with van der Waals surface area (Å²) < 4.78 is 0. The van der Waals surface area contributed by atoms with E-state index in [2.05, 4.69) is 0 Å². The lowest BCUT2D eigenvalue weighted by Gasteiger charge is -2.17. The third-order valence-corrected chi connectivity index (χ3v) is 3.88. The Bertz CT molecular complexity index is 715. The highest BCUT2D eigenvalue weighted by Crippen LogP contribution is 2.37. The summed E-state index contributed by atoms with van der Waals surface area (Å²) in [4.78, 5) is 26.0. The molecule has 0 bridgehead atoms. The Balaban J connectivity index is 2.00. The molecular weight excluding hydrogens is 288 g/mol. The van der Waals surface area contributed by atoms with E-state index in [1.807, 2.05) is 30.3 Å². The van der Waals surface area contributed by atoms with Crippen LogP contribution in [-0.2, 0) is 9.59 Å². The number of halogens is 1. The second kappa shape index (κ2) is 5.22. The standard InChI is InChI=1S/C16H13ClN2O2/c17-13-7-6-11(18)8-14(13)19-15(20)9-12(16(19)21)10-4-2-1-3-5-10/h1-8,12H,9,18H2. The van der Waals surface area contributed by atoms with Gasteiger partial charge in [0.15, 0.2) is 0 Å². The van der Waals surface area contributed by atoms with Crippen LogP contribution in [0.4, 0.5) is 11.4 Å². The first kappa shape index (κ1) is 13.6. The molecule has 3 rings (SSSR count). The van der Waals surface area contributed by atoms with E-state index in [4.69, 9.17) is 17.3 Å². The van der Waals surface area contributed by atoms with Gasteiger partial charge in [-0.15, -0.1) is 0 Å². The first-order chi connectivity index (χ1) is 10.1. The molecule has 1 saturated heterocycles. The van der Waals surface area contributed by atoms with Crippen molar-refractivity contribution in [2.24, 2.45) is 0 Å². The maximum Gasteiger partial charge on any atom is 0.241 e. The Morgan fingerprint density at radius 2 is 1.81 bits per heavy atom. The summed E-state index contributed by atoms with van der Waals surface area (Å²) >= 11 is 6.10. The van der Waals surface area contributed by atoms with Crippen LogP contribution in [0.1, 0.15) is 17.9 Å². The second-order valence-corrected chi connectivity index (χ2v) is 5.35. The lowest BCUT2D eigenvalue weighted by Crippen LogP contribution is -2.30. The summed E-state index contributed by atoms with van der Waals surface area (Å²) in [5.41, 5.74) is 7.36. The second-order valence-electron chi connectivity index (χ2n) is 4.95. The quantitative estimate of drug-likeness (QED) is 0.685. The van der Waals surface area contributed by atoms with E-state index in [1.165, 1.54) is 0 Å². The number of hydrogen-bond acceptors (Lipinski definition) is 3. The molecule has 1 unspecified atom stereocenters. The number of carbonyl (C=O) groups excluding carboxylic acids is 2. The van der Waals surface area contributed by atoms with Crippen molar-refractivity contribution in [2.75, 3.05) is 10.6 Å². The van der Waals surface area contributed by atoms with Gasteiger partial charge in [0.1, 0.15) is 0 Å². The zero-order valence-corrected chi connectivity index (χ0v) is 11.9. The number of nitrogens with zero attached hydrogens (tertiary/aromatic N) is 1. The van der Waals surface area contributed by atoms with Crippen LogP contribution in [0.3, 0.4) is 0 Å². The Labute approximate surface area is 127 Å². The highest BCUT2D eigenvalue weighted by atomic mass is 35.5. The van der Waals surface area contributed by atoms with Gasteiger partial charge in [0.05, 0.1) is 16.6 Å². The van der Waals surface area contributed by atoms with Gasteiger partial charge in [-0.25, -0.2) is 4.90 Å². The fourth-order valence-corrected chi connectivity index (χ4v) is 2.73. The van der Waals surface area contributed by atoms with Crippen LogP contribution in [0.25, 0.3) is 0 Å². The molecule has 1 aliphatic rings. The molecule has 1 heterocycles. The van der Waals surface area contributed by atoms with Gasteiger partial charge in [0, 0.05) is 12.1 Å². The van der Waals surface area contributed by atoms with Crippen molar-refractivity contribution in [3.05, 3.63) is 59.1 Å². The largest absolute Gasteiger partial charge is 0.399 e. The van der Waals surface area contributed by atoms with Crippen LogP contribution in [-0.4, -0.2) is 11.8 Å². The average Bonchev–Trinajstić information content (AvgIpc) is 2.78. The molecule has 21 heavy (non-hydrogen) atoms. The van der Waals surface area contributed by atoms with Crippen LogP contribution in [0.2, 0.25) is 5.02 Å². The predicted octanol–water partition coefficient (Wildman–Crippen LogP) is 2.97. The minimum atomic E-state index is -0.462. The first-order valence-corrected chi connectivity index (χ1v) is 6.92. The minimum absolute atomic E-state index is 0.147. The highest BCUT2D eigenvalue weighted by Gasteiger charge is 2.41. The number of rotatable bonds is 2. The number of carbonyl (C=O) groups is 2. The van der Waals surface area contributed by atoms with E-state index in [1.54, 1.807) is 18.2 Å². The van der Waals surface area contributed by atoms with Crippen LogP contribution < -0.4 is 10.6 Å². The number of benzene rings is 2. The van der Waals surface area contributed by atoms with Gasteiger partial charge in [-0.1, -0.05) is 41.9 Å². The van der Waals surface area contributed by atoms with Crippen LogP contribution >= 0.6 is 11.6 Å². The normalized spacial score (nSPS) is 18.3. The van der Waals surface area contributed by atoms with Gasteiger partial charge >= 0.3 is 0 Å². The molecular formula is C16H13ClN2O2. The summed E-state index contributed by atoms with van der Waals surface area (Å²) in [6.07, 6.45) is 0.147. The molecule has 2 N–H and O–H groups in total. The first-order valence-electron chi connectivity index (χ1n) is 6.54. The third kappa shape index (κ3) is 2.38. The Morgan fingerprint density at radius 3 is 2.52 bits per heavy atom. The van der Waals surface area contributed by atoms with Gasteiger partial charge in [-0.05, 0) is 23.8 Å². The highest BCUT2D eigenvalue weighted by molar-refractivity contribution is 6.36. The molecule has 0 saturated carbocycles. The zero-order valence-electron chi connectivity index (χ0n) is 11.1. The van der Waals surface area contributed by atoms with Gasteiger partial charge in [-0.3, -0.25) is 9.59 Å². The molecule has 1 atom stereocenters. The molecule has 2 aromatic rings. The smallest absolute Gasteiger partial charge is 0.241 e. The number of nitrogen functional groups attached to an aromatic ring is 1. The Kier molecular flexibility index (Phi) is 3.39. The van der Waals surface area contributed by atoms with Gasteiger partial charge in [0.25, 0.3) is 0 Å². The minimum Gasteiger partial charge on any atom is -0.399 e. The number of anilines is 2. The fraction of sp³-hybridized carbons (Fsp3) is 0.125. The Hall–Kier alpha value is -2.33. The van der Waals surface area contributed by atoms with Crippen molar-refractivity contribution in [3.63, 3.8) is 0 Å². The van der Waals surface area contributed by atoms with Crippen molar-refractivity contribution in [3.8, 4) is 0 Å². The molecule has 4 nitrogen and oxygen atoms in total. The molecule has 2 aromatic carbocycles. The molecule has 0 aromatic heterocycles. The number of imide groups is 1. The summed E-state index contributed by atoms with van der Waals surface area (Å²) in [7, 11) is 0. The van der Waals surface area contributed by atoms with Crippen LogP contribution in [0, 0.1) is 0 Å². The number of hydrogen-bond donors (Lipinski definition) is 1. The van der Waals surface area contributed by atoms with E-state index in [-0.39, 0.29) is 18.2 Å². The maximum absolute atomic E-state index is 12.6. The van der Waals surface area contributed by atoms with Crippen molar-refractivity contribution < 1.29 is 9.59 Å². The van der Waals surface area contributed by atoms with Crippen LogP contribution in [0.15, 0.2) is 48.5 Å². The molecule has 5 heteroatoms. The predicted molar refractivity (Wildman–Crippen MR) is 82.2 cm³/mol. The molecule has 0 radical (unpaired) electrons. The van der Waals surface area contributed by atoms with E-state index in [9.17, 15) is 9.59 Å².